The molecule has 1 unspecified atom stereocenters. The number of aryl methyl sites for hydroxylation is 1. The molecule has 30 heavy (non-hydrogen) atoms. The Labute approximate surface area is 172 Å². The molecule has 2 aliphatic rings. The SMILES string of the molecule is Cc1cc(C(C)(CC2CC2)NC(=O)c2cc(OCC(F)(F)F)c(C3CC3)cn2)n[nH]1. The van der Waals surface area contributed by atoms with Gasteiger partial charge in [0.25, 0.3) is 5.91 Å². The number of H-pyrrole nitrogens is 1. The van der Waals surface area contributed by atoms with Gasteiger partial charge in [0.15, 0.2) is 6.61 Å². The largest absolute Gasteiger partial charge is 0.484 e. The lowest BCUT2D eigenvalue weighted by Crippen LogP contribution is -2.44. The number of amides is 1. The highest BCUT2D eigenvalue weighted by atomic mass is 19.4. The lowest BCUT2D eigenvalue weighted by molar-refractivity contribution is -0.153. The highest BCUT2D eigenvalue weighted by Crippen LogP contribution is 2.44. The number of aromatic amines is 1. The molecule has 2 saturated carbocycles. The smallest absolute Gasteiger partial charge is 0.422 e. The average molecular weight is 422 g/mol. The molecule has 1 amide bonds. The van der Waals surface area contributed by atoms with Crippen LogP contribution in [0.3, 0.4) is 0 Å². The number of hydrogen-bond acceptors (Lipinski definition) is 4. The monoisotopic (exact) mass is 422 g/mol. The molecule has 2 heterocycles. The number of pyridine rings is 1. The van der Waals surface area contributed by atoms with Gasteiger partial charge in [-0.3, -0.25) is 14.9 Å². The molecule has 0 spiro atoms. The van der Waals surface area contributed by atoms with Crippen molar-refractivity contribution in [2.24, 2.45) is 5.92 Å². The van der Waals surface area contributed by atoms with E-state index in [0.29, 0.717) is 11.5 Å². The maximum absolute atomic E-state index is 13.0. The van der Waals surface area contributed by atoms with Crippen LogP contribution in [0.2, 0.25) is 0 Å². The second kappa shape index (κ2) is 7.59. The van der Waals surface area contributed by atoms with Crippen LogP contribution in [0.4, 0.5) is 13.2 Å². The third-order valence-electron chi connectivity index (χ3n) is 5.59. The molecule has 0 radical (unpaired) electrons. The lowest BCUT2D eigenvalue weighted by atomic mass is 9.90. The van der Waals surface area contributed by atoms with Gasteiger partial charge in [0.05, 0.1) is 11.2 Å². The summed E-state index contributed by atoms with van der Waals surface area (Å²) >= 11 is 0. The molecule has 2 fully saturated rings. The van der Waals surface area contributed by atoms with Crippen molar-refractivity contribution >= 4 is 5.91 Å². The number of halogens is 3. The summed E-state index contributed by atoms with van der Waals surface area (Å²) in [4.78, 5) is 17.2. The first-order valence-corrected chi connectivity index (χ1v) is 10.2. The molecule has 2 aromatic heterocycles. The quantitative estimate of drug-likeness (QED) is 0.662. The summed E-state index contributed by atoms with van der Waals surface area (Å²) in [5.74, 6) is 0.278. The van der Waals surface area contributed by atoms with Crippen molar-refractivity contribution in [3.8, 4) is 5.75 Å². The van der Waals surface area contributed by atoms with Gasteiger partial charge in [-0.25, -0.2) is 0 Å². The first-order valence-electron chi connectivity index (χ1n) is 10.2. The summed E-state index contributed by atoms with van der Waals surface area (Å²) in [7, 11) is 0. The van der Waals surface area contributed by atoms with Gasteiger partial charge < -0.3 is 10.1 Å². The number of rotatable bonds is 8. The summed E-state index contributed by atoms with van der Waals surface area (Å²) in [6.45, 7) is 2.40. The van der Waals surface area contributed by atoms with Gasteiger partial charge in [0.1, 0.15) is 11.4 Å². The molecule has 162 valence electrons. The summed E-state index contributed by atoms with van der Waals surface area (Å²) in [5.41, 5.74) is 1.57. The minimum Gasteiger partial charge on any atom is -0.484 e. The molecule has 4 rings (SSSR count). The van der Waals surface area contributed by atoms with Gasteiger partial charge in [0, 0.05) is 23.5 Å². The first-order chi connectivity index (χ1) is 14.1. The number of carbonyl (C=O) groups excluding carboxylic acids is 1. The Bertz CT molecular complexity index is 935. The Morgan fingerprint density at radius 2 is 2.00 bits per heavy atom. The standard InChI is InChI=1S/C21H25F3N4O2/c1-12-7-18(28-27-12)20(2,9-13-3-4-13)26-19(29)16-8-17(30-11-21(22,23)24)15(10-25-16)14-5-6-14/h7-8,10,13-14H,3-6,9,11H2,1-2H3,(H,26,29)(H,27,28). The zero-order valence-corrected chi connectivity index (χ0v) is 17.0. The maximum atomic E-state index is 13.0. The van der Waals surface area contributed by atoms with Crippen LogP contribution in [0.15, 0.2) is 18.3 Å². The zero-order chi connectivity index (χ0) is 21.5. The fourth-order valence-corrected chi connectivity index (χ4v) is 3.69. The zero-order valence-electron chi connectivity index (χ0n) is 17.0. The third-order valence-corrected chi connectivity index (χ3v) is 5.59. The molecule has 2 aromatic rings. The van der Waals surface area contributed by atoms with E-state index in [1.807, 2.05) is 19.9 Å². The van der Waals surface area contributed by atoms with E-state index in [-0.39, 0.29) is 17.4 Å². The second-order valence-electron chi connectivity index (χ2n) is 8.66. The first kappa shape index (κ1) is 20.7. The topological polar surface area (TPSA) is 79.9 Å². The van der Waals surface area contributed by atoms with Crippen molar-refractivity contribution in [1.82, 2.24) is 20.5 Å². The highest BCUT2D eigenvalue weighted by Gasteiger charge is 2.38. The van der Waals surface area contributed by atoms with E-state index in [0.717, 1.165) is 43.5 Å². The molecule has 6 nitrogen and oxygen atoms in total. The van der Waals surface area contributed by atoms with Gasteiger partial charge in [-0.05, 0) is 51.0 Å². The molecule has 0 aromatic carbocycles. The average Bonchev–Trinajstić information content (AvgIpc) is 3.59. The molecular formula is C21H25F3N4O2. The molecule has 0 aliphatic heterocycles. The Kier molecular flexibility index (Phi) is 5.23. The molecule has 9 heteroatoms. The number of ether oxygens (including phenoxy) is 1. The van der Waals surface area contributed by atoms with Gasteiger partial charge in [-0.1, -0.05) is 12.8 Å². The summed E-state index contributed by atoms with van der Waals surface area (Å²) in [5, 5.41) is 10.2. The predicted octanol–water partition coefficient (Wildman–Crippen LogP) is 4.38. The van der Waals surface area contributed by atoms with Gasteiger partial charge >= 0.3 is 6.18 Å². The normalized spacial score (nSPS) is 18.7. The van der Waals surface area contributed by atoms with Crippen molar-refractivity contribution in [3.63, 3.8) is 0 Å². The van der Waals surface area contributed by atoms with Gasteiger partial charge in [-0.2, -0.15) is 18.3 Å². The second-order valence-corrected chi connectivity index (χ2v) is 8.66. The summed E-state index contributed by atoms with van der Waals surface area (Å²) < 4.78 is 43.0. The van der Waals surface area contributed by atoms with E-state index in [1.54, 1.807) is 0 Å². The predicted molar refractivity (Wildman–Crippen MR) is 103 cm³/mol. The van der Waals surface area contributed by atoms with Crippen LogP contribution < -0.4 is 10.1 Å². The van der Waals surface area contributed by atoms with E-state index in [2.05, 4.69) is 20.5 Å². The molecule has 0 saturated heterocycles. The number of alkyl halides is 3. The van der Waals surface area contributed by atoms with Crippen LogP contribution in [0.1, 0.15) is 72.4 Å². The summed E-state index contributed by atoms with van der Waals surface area (Å²) in [6, 6.07) is 3.21. The van der Waals surface area contributed by atoms with Crippen LogP contribution in [-0.2, 0) is 5.54 Å². The van der Waals surface area contributed by atoms with Gasteiger partial charge in [-0.15, -0.1) is 0 Å². The van der Waals surface area contributed by atoms with Crippen LogP contribution in [0.5, 0.6) is 5.75 Å². The van der Waals surface area contributed by atoms with Crippen LogP contribution >= 0.6 is 0 Å². The molecule has 2 N–H and O–H groups in total. The van der Waals surface area contributed by atoms with E-state index < -0.39 is 24.2 Å². The Morgan fingerprint density at radius 3 is 2.57 bits per heavy atom. The Morgan fingerprint density at radius 1 is 1.27 bits per heavy atom. The molecule has 1 atom stereocenters. The van der Waals surface area contributed by atoms with Crippen LogP contribution in [0, 0.1) is 12.8 Å². The van der Waals surface area contributed by atoms with E-state index in [9.17, 15) is 18.0 Å². The lowest BCUT2D eigenvalue weighted by Gasteiger charge is -2.29. The summed E-state index contributed by atoms with van der Waals surface area (Å²) in [6.07, 6.45) is 1.74. The Hall–Kier alpha value is -2.58. The maximum Gasteiger partial charge on any atom is 0.422 e. The molecular weight excluding hydrogens is 397 g/mol. The van der Waals surface area contributed by atoms with Crippen LogP contribution in [-0.4, -0.2) is 33.9 Å². The fourth-order valence-electron chi connectivity index (χ4n) is 3.69. The fraction of sp³-hybridized carbons (Fsp3) is 0.571. The van der Waals surface area contributed by atoms with Crippen molar-refractivity contribution in [1.29, 1.82) is 0 Å². The van der Waals surface area contributed by atoms with E-state index in [4.69, 9.17) is 4.74 Å². The third kappa shape index (κ3) is 4.94. The number of aromatic nitrogens is 3. The Balaban J connectivity index is 1.56. The number of nitrogens with one attached hydrogen (secondary N) is 2. The van der Waals surface area contributed by atoms with Gasteiger partial charge in [0.2, 0.25) is 0 Å². The van der Waals surface area contributed by atoms with Crippen molar-refractivity contribution in [2.75, 3.05) is 6.61 Å². The molecule has 2 aliphatic carbocycles. The van der Waals surface area contributed by atoms with Crippen molar-refractivity contribution < 1.29 is 22.7 Å². The van der Waals surface area contributed by atoms with E-state index >= 15 is 0 Å². The molecule has 0 bridgehead atoms. The number of hydrogen-bond donors (Lipinski definition) is 2. The van der Waals surface area contributed by atoms with Crippen LogP contribution in [0.25, 0.3) is 0 Å². The minimum atomic E-state index is -4.45. The number of nitrogens with zero attached hydrogens (tertiary/aromatic N) is 2. The minimum absolute atomic E-state index is 0.0332. The number of carbonyl (C=O) groups is 1. The highest BCUT2D eigenvalue weighted by molar-refractivity contribution is 5.93. The van der Waals surface area contributed by atoms with E-state index in [1.165, 1.54) is 12.3 Å². The van der Waals surface area contributed by atoms with Crippen molar-refractivity contribution in [2.45, 2.75) is 63.6 Å². The van der Waals surface area contributed by atoms with Crippen molar-refractivity contribution in [3.05, 3.63) is 41.0 Å².